The molecule has 0 saturated carbocycles. The van der Waals surface area contributed by atoms with Crippen LogP contribution in [-0.4, -0.2) is 35.2 Å². The first-order valence-electron chi connectivity index (χ1n) is 4.50. The van der Waals surface area contributed by atoms with Crippen molar-refractivity contribution in [2.24, 2.45) is 5.73 Å². The van der Waals surface area contributed by atoms with Gasteiger partial charge in [-0.15, -0.1) is 0 Å². The van der Waals surface area contributed by atoms with Crippen LogP contribution in [0.4, 0.5) is 0 Å². The van der Waals surface area contributed by atoms with E-state index < -0.39 is 0 Å². The van der Waals surface area contributed by atoms with Crippen LogP contribution >= 0.6 is 0 Å². The Kier molecular flexibility index (Phi) is 2.28. The van der Waals surface area contributed by atoms with Crippen LogP contribution in [0.1, 0.15) is 24.1 Å². The second-order valence-electron chi connectivity index (χ2n) is 3.50. The lowest BCUT2D eigenvalue weighted by Gasteiger charge is -2.05. The van der Waals surface area contributed by atoms with Crippen LogP contribution in [0, 0.1) is 0 Å². The van der Waals surface area contributed by atoms with Gasteiger partial charge in [-0.1, -0.05) is 5.16 Å². The minimum atomic E-state index is 0.329. The topological polar surface area (TPSA) is 68.2 Å². The largest absolute Gasteiger partial charge is 0.338 e. The molecule has 0 aliphatic carbocycles. The number of rotatable bonds is 2. The highest BCUT2D eigenvalue weighted by atomic mass is 16.5. The highest BCUT2D eigenvalue weighted by molar-refractivity contribution is 4.99. The Hall–Kier alpha value is -0.940. The van der Waals surface area contributed by atoms with E-state index >= 15 is 0 Å². The van der Waals surface area contributed by atoms with Gasteiger partial charge in [0, 0.05) is 12.5 Å². The van der Waals surface area contributed by atoms with Gasteiger partial charge in [-0.25, -0.2) is 0 Å². The second-order valence-corrected chi connectivity index (χ2v) is 3.50. The standard InChI is InChI=1S/C8H14N4O/c1-12-3-2-6(5-12)8-10-7(4-9)13-11-8/h6H,2-5,9H2,1H3. The van der Waals surface area contributed by atoms with Gasteiger partial charge in [0.15, 0.2) is 5.82 Å². The van der Waals surface area contributed by atoms with E-state index in [4.69, 9.17) is 10.3 Å². The van der Waals surface area contributed by atoms with Crippen molar-refractivity contribution in [3.05, 3.63) is 11.7 Å². The number of likely N-dealkylation sites (tertiary alicyclic amines) is 1. The quantitative estimate of drug-likeness (QED) is 0.694. The van der Waals surface area contributed by atoms with Gasteiger partial charge >= 0.3 is 0 Å². The molecule has 1 aliphatic rings. The molecule has 0 radical (unpaired) electrons. The van der Waals surface area contributed by atoms with Gasteiger partial charge in [0.05, 0.1) is 6.54 Å². The number of aromatic nitrogens is 2. The average molecular weight is 182 g/mol. The third kappa shape index (κ3) is 1.71. The first-order valence-corrected chi connectivity index (χ1v) is 4.50. The van der Waals surface area contributed by atoms with Crippen molar-refractivity contribution in [2.75, 3.05) is 20.1 Å². The van der Waals surface area contributed by atoms with Crippen LogP contribution in [0.2, 0.25) is 0 Å². The van der Waals surface area contributed by atoms with Crippen LogP contribution in [-0.2, 0) is 6.54 Å². The molecule has 5 heteroatoms. The number of nitrogens with two attached hydrogens (primary N) is 1. The van der Waals surface area contributed by atoms with Gasteiger partial charge in [0.25, 0.3) is 0 Å². The van der Waals surface area contributed by atoms with Crippen LogP contribution in [0.25, 0.3) is 0 Å². The van der Waals surface area contributed by atoms with E-state index in [-0.39, 0.29) is 0 Å². The van der Waals surface area contributed by atoms with Crippen LogP contribution in [0.15, 0.2) is 4.52 Å². The Bertz CT molecular complexity index is 285. The van der Waals surface area contributed by atoms with Gasteiger partial charge in [-0.3, -0.25) is 0 Å². The van der Waals surface area contributed by atoms with Crippen molar-refractivity contribution in [3.8, 4) is 0 Å². The molecule has 2 rings (SSSR count). The number of likely N-dealkylation sites (N-methyl/N-ethyl adjacent to an activating group) is 1. The zero-order valence-corrected chi connectivity index (χ0v) is 7.73. The van der Waals surface area contributed by atoms with Gasteiger partial charge in [-0.05, 0) is 20.0 Å². The second kappa shape index (κ2) is 3.43. The molecule has 5 nitrogen and oxygen atoms in total. The molecular weight excluding hydrogens is 168 g/mol. The number of nitrogens with zero attached hydrogens (tertiary/aromatic N) is 3. The van der Waals surface area contributed by atoms with Gasteiger partial charge in [0.1, 0.15) is 0 Å². The molecule has 1 fully saturated rings. The molecule has 72 valence electrons. The lowest BCUT2D eigenvalue weighted by atomic mass is 10.1. The molecule has 1 atom stereocenters. The third-order valence-corrected chi connectivity index (χ3v) is 2.41. The molecule has 13 heavy (non-hydrogen) atoms. The van der Waals surface area contributed by atoms with Crippen LogP contribution < -0.4 is 5.73 Å². The lowest BCUT2D eigenvalue weighted by molar-refractivity contribution is 0.368. The Labute approximate surface area is 76.9 Å². The molecule has 0 aromatic carbocycles. The highest BCUT2D eigenvalue weighted by Gasteiger charge is 2.25. The summed E-state index contributed by atoms with van der Waals surface area (Å²) >= 11 is 0. The fourth-order valence-corrected chi connectivity index (χ4v) is 1.66. The SMILES string of the molecule is CN1CCC(c2noc(CN)n2)C1. The van der Waals surface area contributed by atoms with E-state index in [1.807, 2.05) is 0 Å². The van der Waals surface area contributed by atoms with Crippen LogP contribution in [0.3, 0.4) is 0 Å². The summed E-state index contributed by atoms with van der Waals surface area (Å²) in [5, 5.41) is 3.91. The predicted molar refractivity (Wildman–Crippen MR) is 47.0 cm³/mol. The van der Waals surface area contributed by atoms with Gasteiger partial charge in [0.2, 0.25) is 5.89 Å². The maximum atomic E-state index is 5.38. The molecule has 2 heterocycles. The Morgan fingerprint density at radius 3 is 3.08 bits per heavy atom. The van der Waals surface area contributed by atoms with Crippen molar-refractivity contribution in [1.29, 1.82) is 0 Å². The predicted octanol–water partition coefficient (Wildman–Crippen LogP) is -0.0526. The van der Waals surface area contributed by atoms with E-state index in [0.29, 0.717) is 18.4 Å². The maximum absolute atomic E-state index is 5.38. The summed E-state index contributed by atoms with van der Waals surface area (Å²) in [5.41, 5.74) is 5.38. The average Bonchev–Trinajstić information content (AvgIpc) is 2.71. The van der Waals surface area contributed by atoms with E-state index in [9.17, 15) is 0 Å². The van der Waals surface area contributed by atoms with E-state index in [2.05, 4.69) is 22.1 Å². The molecule has 0 bridgehead atoms. The molecule has 1 unspecified atom stereocenters. The maximum Gasteiger partial charge on any atom is 0.240 e. The Balaban J connectivity index is 2.08. The van der Waals surface area contributed by atoms with E-state index in [1.165, 1.54) is 0 Å². The summed E-state index contributed by atoms with van der Waals surface area (Å²) in [6.07, 6.45) is 1.11. The van der Waals surface area contributed by atoms with Crippen molar-refractivity contribution in [2.45, 2.75) is 18.9 Å². The summed E-state index contributed by atoms with van der Waals surface area (Å²) in [4.78, 5) is 6.48. The summed E-state index contributed by atoms with van der Waals surface area (Å²) in [6.45, 7) is 2.45. The van der Waals surface area contributed by atoms with E-state index in [1.54, 1.807) is 0 Å². The molecule has 0 spiro atoms. The smallest absolute Gasteiger partial charge is 0.240 e. The monoisotopic (exact) mass is 182 g/mol. The lowest BCUT2D eigenvalue weighted by Crippen LogP contribution is -2.13. The molecule has 1 aliphatic heterocycles. The summed E-state index contributed by atoms with van der Waals surface area (Å²) < 4.78 is 4.96. The van der Waals surface area contributed by atoms with Gasteiger partial charge in [-0.2, -0.15) is 4.98 Å². The summed E-state index contributed by atoms with van der Waals surface area (Å²) in [6, 6.07) is 0. The fourth-order valence-electron chi connectivity index (χ4n) is 1.66. The summed E-state index contributed by atoms with van der Waals surface area (Å²) in [5.74, 6) is 1.77. The van der Waals surface area contributed by atoms with Crippen LogP contribution in [0.5, 0.6) is 0 Å². The molecule has 2 N–H and O–H groups in total. The Morgan fingerprint density at radius 2 is 2.54 bits per heavy atom. The van der Waals surface area contributed by atoms with E-state index in [0.717, 1.165) is 25.3 Å². The zero-order valence-electron chi connectivity index (χ0n) is 7.73. The van der Waals surface area contributed by atoms with Crippen molar-refractivity contribution in [1.82, 2.24) is 15.0 Å². The molecule has 1 saturated heterocycles. The first-order chi connectivity index (χ1) is 6.29. The summed E-state index contributed by atoms with van der Waals surface area (Å²) in [7, 11) is 2.10. The van der Waals surface area contributed by atoms with Crippen molar-refractivity contribution in [3.63, 3.8) is 0 Å². The van der Waals surface area contributed by atoms with Gasteiger partial charge < -0.3 is 15.2 Å². The number of hydrogen-bond donors (Lipinski definition) is 1. The van der Waals surface area contributed by atoms with Crippen molar-refractivity contribution >= 4 is 0 Å². The van der Waals surface area contributed by atoms with Crippen molar-refractivity contribution < 1.29 is 4.52 Å². The normalized spacial score (nSPS) is 24.0. The third-order valence-electron chi connectivity index (χ3n) is 2.41. The Morgan fingerprint density at radius 1 is 1.69 bits per heavy atom. The number of hydrogen-bond acceptors (Lipinski definition) is 5. The highest BCUT2D eigenvalue weighted by Crippen LogP contribution is 2.23. The molecule has 1 aromatic rings. The zero-order chi connectivity index (χ0) is 9.26. The first kappa shape index (κ1) is 8.65. The minimum Gasteiger partial charge on any atom is -0.338 e. The minimum absolute atomic E-state index is 0.329. The molecular formula is C8H14N4O. The molecule has 0 amide bonds. The molecule has 1 aromatic heterocycles. The fraction of sp³-hybridized carbons (Fsp3) is 0.750.